The van der Waals surface area contributed by atoms with Gasteiger partial charge in [0, 0.05) is 22.6 Å². The van der Waals surface area contributed by atoms with Crippen LogP contribution in [-0.4, -0.2) is 17.0 Å². The molecular formula is C17H12ClN3O4. The summed E-state index contributed by atoms with van der Waals surface area (Å²) >= 11 is 5.74. The molecule has 7 nitrogen and oxygen atoms in total. The van der Waals surface area contributed by atoms with Crippen LogP contribution >= 0.6 is 11.6 Å². The van der Waals surface area contributed by atoms with Crippen LogP contribution in [0.4, 0.5) is 5.69 Å². The van der Waals surface area contributed by atoms with Crippen molar-refractivity contribution >= 4 is 40.4 Å². The fraction of sp³-hybridized carbons (Fsp3) is 0.0588. The Morgan fingerprint density at radius 1 is 1.32 bits per heavy atom. The third kappa shape index (κ3) is 3.36. The lowest BCUT2D eigenvalue weighted by molar-refractivity contribution is -0.384. The highest BCUT2D eigenvalue weighted by atomic mass is 35.5. The van der Waals surface area contributed by atoms with Crippen molar-refractivity contribution in [2.75, 3.05) is 0 Å². The van der Waals surface area contributed by atoms with Crippen molar-refractivity contribution in [3.8, 4) is 0 Å². The van der Waals surface area contributed by atoms with Crippen LogP contribution in [0.5, 0.6) is 0 Å². The number of nitrogens with one attached hydrogen (secondary N) is 1. The molecule has 1 amide bonds. The number of para-hydroxylation sites is 1. The lowest BCUT2D eigenvalue weighted by Gasteiger charge is -1.99. The first kappa shape index (κ1) is 16.7. The smallest absolute Gasteiger partial charge is 0.307 e. The number of carbonyl (C=O) groups excluding carboxylic acids is 1. The van der Waals surface area contributed by atoms with E-state index >= 15 is 0 Å². The molecule has 0 aliphatic rings. The van der Waals surface area contributed by atoms with E-state index in [-0.39, 0.29) is 16.5 Å². The van der Waals surface area contributed by atoms with Crippen LogP contribution in [0, 0.1) is 17.0 Å². The van der Waals surface area contributed by atoms with E-state index in [9.17, 15) is 14.9 Å². The third-order valence-electron chi connectivity index (χ3n) is 3.60. The summed E-state index contributed by atoms with van der Waals surface area (Å²) < 4.78 is 5.54. The molecule has 0 unspecified atom stereocenters. The van der Waals surface area contributed by atoms with Crippen molar-refractivity contribution in [2.24, 2.45) is 5.10 Å². The van der Waals surface area contributed by atoms with Gasteiger partial charge in [0.2, 0.25) is 0 Å². The summed E-state index contributed by atoms with van der Waals surface area (Å²) in [5.41, 5.74) is 3.87. The predicted molar refractivity (Wildman–Crippen MR) is 94.1 cm³/mol. The monoisotopic (exact) mass is 357 g/mol. The quantitative estimate of drug-likeness (QED) is 0.432. The number of hydrogen-bond donors (Lipinski definition) is 1. The first-order valence-corrected chi connectivity index (χ1v) is 7.60. The van der Waals surface area contributed by atoms with Gasteiger partial charge in [0.05, 0.1) is 11.1 Å². The van der Waals surface area contributed by atoms with E-state index in [0.717, 1.165) is 5.39 Å². The zero-order valence-corrected chi connectivity index (χ0v) is 13.8. The van der Waals surface area contributed by atoms with Crippen molar-refractivity contribution < 1.29 is 14.1 Å². The molecule has 2 aromatic carbocycles. The molecule has 126 valence electrons. The van der Waals surface area contributed by atoms with Crippen LogP contribution in [0.25, 0.3) is 11.0 Å². The number of halogens is 1. The highest BCUT2D eigenvalue weighted by Gasteiger charge is 2.17. The molecule has 0 saturated carbocycles. The first-order chi connectivity index (χ1) is 12.0. The highest BCUT2D eigenvalue weighted by molar-refractivity contribution is 6.32. The summed E-state index contributed by atoms with van der Waals surface area (Å²) in [5.74, 6) is -0.339. The molecule has 3 rings (SSSR count). The van der Waals surface area contributed by atoms with Gasteiger partial charge in [-0.1, -0.05) is 35.9 Å². The molecule has 0 fully saturated rings. The van der Waals surface area contributed by atoms with Crippen LogP contribution < -0.4 is 5.43 Å². The molecule has 3 aromatic rings. The molecular weight excluding hydrogens is 346 g/mol. The third-order valence-corrected chi connectivity index (χ3v) is 3.92. The second-order valence-corrected chi connectivity index (χ2v) is 5.63. The van der Waals surface area contributed by atoms with E-state index in [2.05, 4.69) is 10.5 Å². The zero-order chi connectivity index (χ0) is 18.0. The molecule has 0 spiro atoms. The van der Waals surface area contributed by atoms with Gasteiger partial charge in [0.15, 0.2) is 5.76 Å². The van der Waals surface area contributed by atoms with Crippen LogP contribution in [0.15, 0.2) is 52.0 Å². The highest BCUT2D eigenvalue weighted by Crippen LogP contribution is 2.25. The van der Waals surface area contributed by atoms with Crippen molar-refractivity contribution in [3.63, 3.8) is 0 Å². The zero-order valence-electron chi connectivity index (χ0n) is 13.0. The number of hydrogen-bond acceptors (Lipinski definition) is 5. The molecule has 0 saturated heterocycles. The van der Waals surface area contributed by atoms with E-state index in [0.29, 0.717) is 16.7 Å². The van der Waals surface area contributed by atoms with Gasteiger partial charge < -0.3 is 4.42 Å². The van der Waals surface area contributed by atoms with Crippen molar-refractivity contribution in [2.45, 2.75) is 6.92 Å². The molecule has 1 aromatic heterocycles. The van der Waals surface area contributed by atoms with E-state index in [1.807, 2.05) is 18.2 Å². The second-order valence-electron chi connectivity index (χ2n) is 5.22. The number of nitrogens with zero attached hydrogens (tertiary/aromatic N) is 2. The largest absolute Gasteiger partial charge is 0.451 e. The Morgan fingerprint density at radius 3 is 2.80 bits per heavy atom. The molecule has 0 aliphatic heterocycles. The molecule has 0 bridgehead atoms. The van der Waals surface area contributed by atoms with Gasteiger partial charge >= 0.3 is 5.91 Å². The van der Waals surface area contributed by atoms with Crippen molar-refractivity contribution in [1.82, 2.24) is 5.43 Å². The first-order valence-electron chi connectivity index (χ1n) is 7.23. The lowest BCUT2D eigenvalue weighted by Crippen LogP contribution is -2.17. The molecule has 1 N–H and O–H groups in total. The molecule has 25 heavy (non-hydrogen) atoms. The minimum Gasteiger partial charge on any atom is -0.451 e. The van der Waals surface area contributed by atoms with Crippen LogP contribution in [0.3, 0.4) is 0 Å². The average molecular weight is 358 g/mol. The number of rotatable bonds is 4. The number of fused-ring (bicyclic) bond motifs is 1. The molecule has 0 radical (unpaired) electrons. The maximum atomic E-state index is 12.2. The second kappa shape index (κ2) is 6.74. The number of benzene rings is 2. The fourth-order valence-corrected chi connectivity index (χ4v) is 2.54. The Labute approximate surface area is 147 Å². The Morgan fingerprint density at radius 2 is 2.08 bits per heavy atom. The maximum absolute atomic E-state index is 12.2. The standard InChI is InChI=1S/C17H12ClN3O4/c1-10-12-4-2-3-5-15(12)25-16(10)17(22)20-19-9-11-6-7-13(18)14(8-11)21(23)24/h2-9H,1H3,(H,20,22)/b19-9-. The lowest BCUT2D eigenvalue weighted by atomic mass is 10.1. The molecule has 0 aliphatic carbocycles. The summed E-state index contributed by atoms with van der Waals surface area (Å²) in [4.78, 5) is 22.5. The van der Waals surface area contributed by atoms with E-state index in [1.165, 1.54) is 18.3 Å². The number of nitro benzene ring substituents is 1. The van der Waals surface area contributed by atoms with Gasteiger partial charge in [0.25, 0.3) is 5.69 Å². The van der Waals surface area contributed by atoms with Crippen LogP contribution in [0.2, 0.25) is 5.02 Å². The predicted octanol–water partition coefficient (Wildman–Crippen LogP) is 4.07. The van der Waals surface area contributed by atoms with Crippen LogP contribution in [0.1, 0.15) is 21.7 Å². The van der Waals surface area contributed by atoms with Gasteiger partial charge in [-0.15, -0.1) is 0 Å². The van der Waals surface area contributed by atoms with E-state index in [1.54, 1.807) is 19.1 Å². The number of aryl methyl sites for hydroxylation is 1. The van der Waals surface area contributed by atoms with Crippen molar-refractivity contribution in [1.29, 1.82) is 0 Å². The van der Waals surface area contributed by atoms with Gasteiger partial charge in [-0.25, -0.2) is 5.43 Å². The van der Waals surface area contributed by atoms with Gasteiger partial charge in [0.1, 0.15) is 10.6 Å². The summed E-state index contributed by atoms with van der Waals surface area (Å²) in [7, 11) is 0. The van der Waals surface area contributed by atoms with E-state index in [4.69, 9.17) is 16.0 Å². The van der Waals surface area contributed by atoms with E-state index < -0.39 is 10.8 Å². The maximum Gasteiger partial charge on any atom is 0.307 e. The number of amides is 1. The number of carbonyl (C=O) groups is 1. The Balaban J connectivity index is 1.77. The molecule has 0 atom stereocenters. The van der Waals surface area contributed by atoms with Crippen molar-refractivity contribution in [3.05, 3.63) is 74.5 Å². The Kier molecular flexibility index (Phi) is 4.49. The average Bonchev–Trinajstić information content (AvgIpc) is 2.93. The summed E-state index contributed by atoms with van der Waals surface area (Å²) in [6, 6.07) is 11.5. The minimum atomic E-state index is -0.587. The minimum absolute atomic E-state index is 0.0316. The normalized spacial score (nSPS) is 11.1. The summed E-state index contributed by atoms with van der Waals surface area (Å²) in [6.45, 7) is 1.78. The van der Waals surface area contributed by atoms with Gasteiger partial charge in [-0.2, -0.15) is 5.10 Å². The summed E-state index contributed by atoms with van der Waals surface area (Å²) in [6.07, 6.45) is 1.29. The van der Waals surface area contributed by atoms with Crippen LogP contribution in [-0.2, 0) is 0 Å². The summed E-state index contributed by atoms with van der Waals surface area (Å²) in [5, 5.41) is 15.6. The Bertz CT molecular complexity index is 1010. The SMILES string of the molecule is Cc1c(C(=O)N/N=C\c2ccc(Cl)c([N+](=O)[O-])c2)oc2ccccc12. The number of nitro groups is 1. The van der Waals surface area contributed by atoms with Gasteiger partial charge in [-0.05, 0) is 19.1 Å². The van der Waals surface area contributed by atoms with Gasteiger partial charge in [-0.3, -0.25) is 14.9 Å². The topological polar surface area (TPSA) is 97.7 Å². The number of hydrazone groups is 1. The Hall–Kier alpha value is -3.19. The number of furan rings is 1. The molecule has 8 heteroatoms. The molecule has 1 heterocycles. The fourth-order valence-electron chi connectivity index (χ4n) is 2.36.